The maximum absolute atomic E-state index is 13.2. The number of carbonyl (C=O) groups excluding carboxylic acids is 2. The first-order valence-electron chi connectivity index (χ1n) is 8.41. The van der Waals surface area contributed by atoms with Gasteiger partial charge in [-0.25, -0.2) is 4.79 Å². The fourth-order valence-electron chi connectivity index (χ4n) is 2.48. The summed E-state index contributed by atoms with van der Waals surface area (Å²) in [7, 11) is 0. The molecule has 9 heteroatoms. The van der Waals surface area contributed by atoms with E-state index in [-0.39, 0.29) is 17.9 Å². The van der Waals surface area contributed by atoms with Crippen molar-refractivity contribution in [3.8, 4) is 0 Å². The molecule has 6 nitrogen and oxygen atoms in total. The van der Waals surface area contributed by atoms with Crippen molar-refractivity contribution in [2.24, 2.45) is 5.92 Å². The van der Waals surface area contributed by atoms with Gasteiger partial charge < -0.3 is 15.7 Å². The molecule has 0 aliphatic carbocycles. The summed E-state index contributed by atoms with van der Waals surface area (Å²) in [5.74, 6) is -4.93. The van der Waals surface area contributed by atoms with E-state index in [2.05, 4.69) is 10.6 Å². The third kappa shape index (κ3) is 8.10. The molecule has 27 heavy (non-hydrogen) atoms. The van der Waals surface area contributed by atoms with E-state index in [1.54, 1.807) is 19.9 Å². The number of carbonyl (C=O) groups is 3. The Balaban J connectivity index is 2.62. The predicted octanol–water partition coefficient (Wildman–Crippen LogP) is 2.45. The topological polar surface area (TPSA) is 95.5 Å². The molecule has 0 saturated heterocycles. The first-order chi connectivity index (χ1) is 12.5. The molecule has 3 N–H and O–H groups in total. The Morgan fingerprint density at radius 2 is 1.67 bits per heavy atom. The van der Waals surface area contributed by atoms with Crippen molar-refractivity contribution >= 4 is 17.8 Å². The van der Waals surface area contributed by atoms with Crippen LogP contribution in [0.1, 0.15) is 38.2 Å². The lowest BCUT2D eigenvalue weighted by molar-refractivity contribution is -0.157. The van der Waals surface area contributed by atoms with E-state index in [1.165, 1.54) is 24.3 Å². The maximum atomic E-state index is 13.2. The summed E-state index contributed by atoms with van der Waals surface area (Å²) < 4.78 is 39.7. The Labute approximate surface area is 155 Å². The van der Waals surface area contributed by atoms with Gasteiger partial charge in [-0.15, -0.1) is 0 Å². The molecule has 0 aliphatic rings. The van der Waals surface area contributed by atoms with Crippen molar-refractivity contribution in [1.82, 2.24) is 10.6 Å². The van der Waals surface area contributed by atoms with E-state index < -0.39 is 48.9 Å². The summed E-state index contributed by atoms with van der Waals surface area (Å²) in [6.45, 7) is 2.97. The lowest BCUT2D eigenvalue weighted by atomic mass is 9.95. The second-order valence-corrected chi connectivity index (χ2v) is 6.57. The smallest absolute Gasteiger partial charge is 0.396 e. The minimum atomic E-state index is -4.62. The highest BCUT2D eigenvalue weighted by molar-refractivity contribution is 5.88. The average Bonchev–Trinajstić information content (AvgIpc) is 2.56. The fourth-order valence-corrected chi connectivity index (χ4v) is 2.48. The Kier molecular flexibility index (Phi) is 8.27. The second-order valence-electron chi connectivity index (χ2n) is 6.57. The van der Waals surface area contributed by atoms with Crippen LogP contribution < -0.4 is 10.6 Å². The van der Waals surface area contributed by atoms with E-state index >= 15 is 0 Å². The van der Waals surface area contributed by atoms with Gasteiger partial charge in [-0.3, -0.25) is 9.59 Å². The Bertz CT molecular complexity index is 648. The molecule has 150 valence electrons. The minimum absolute atomic E-state index is 0.0133. The number of amides is 2. The Morgan fingerprint density at radius 3 is 2.15 bits per heavy atom. The SMILES string of the molecule is CC(C)C[C@H](NC(=O)CNC(=O)CC(c1ccccc1)C(F)(F)F)C(=O)O. The number of aliphatic carboxylic acids is 1. The number of hydrogen-bond donors (Lipinski definition) is 3. The van der Waals surface area contributed by atoms with Gasteiger partial charge in [0.1, 0.15) is 6.04 Å². The standard InChI is InChI=1S/C18H23F3N2O4/c1-11(2)8-14(17(26)27)23-16(25)10-22-15(24)9-13(18(19,20)21)12-6-4-3-5-7-12/h3-7,11,13-14H,8-10H2,1-2H3,(H,22,24)(H,23,25)(H,26,27)/t13?,14-/m0/s1. The first-order valence-corrected chi connectivity index (χ1v) is 8.41. The van der Waals surface area contributed by atoms with Crippen molar-refractivity contribution in [3.63, 3.8) is 0 Å². The molecule has 0 aromatic heterocycles. The second kappa shape index (κ2) is 9.94. The molecule has 1 unspecified atom stereocenters. The highest BCUT2D eigenvalue weighted by atomic mass is 19.4. The van der Waals surface area contributed by atoms with Crippen LogP contribution in [0, 0.1) is 5.92 Å². The lowest BCUT2D eigenvalue weighted by Crippen LogP contribution is -2.46. The molecule has 0 bridgehead atoms. The molecule has 0 fully saturated rings. The van der Waals surface area contributed by atoms with Crippen molar-refractivity contribution in [2.45, 2.75) is 44.8 Å². The highest BCUT2D eigenvalue weighted by Crippen LogP contribution is 2.37. The van der Waals surface area contributed by atoms with Crippen LogP contribution >= 0.6 is 0 Å². The van der Waals surface area contributed by atoms with Crippen LogP contribution in [0.3, 0.4) is 0 Å². The summed E-state index contributed by atoms with van der Waals surface area (Å²) in [6, 6.07) is 5.89. The average molecular weight is 388 g/mol. The van der Waals surface area contributed by atoms with Gasteiger partial charge in [0.25, 0.3) is 0 Å². The molecule has 1 aromatic carbocycles. The number of carboxylic acids is 1. The molecule has 0 saturated carbocycles. The van der Waals surface area contributed by atoms with Gasteiger partial charge >= 0.3 is 12.1 Å². The molecule has 1 rings (SSSR count). The van der Waals surface area contributed by atoms with Gasteiger partial charge in [0.15, 0.2) is 0 Å². The van der Waals surface area contributed by atoms with Crippen molar-refractivity contribution in [1.29, 1.82) is 0 Å². The van der Waals surface area contributed by atoms with Crippen molar-refractivity contribution < 1.29 is 32.7 Å². The molecule has 0 heterocycles. The van der Waals surface area contributed by atoms with Crippen molar-refractivity contribution in [2.75, 3.05) is 6.54 Å². The monoisotopic (exact) mass is 388 g/mol. The van der Waals surface area contributed by atoms with Crippen LogP contribution in [0.2, 0.25) is 0 Å². The van der Waals surface area contributed by atoms with Crippen LogP contribution in [0.15, 0.2) is 30.3 Å². The number of halogens is 3. The molecular formula is C18H23F3N2O4. The zero-order valence-corrected chi connectivity index (χ0v) is 15.0. The Hall–Kier alpha value is -2.58. The number of carboxylic acid groups (broad SMARTS) is 1. The third-order valence-electron chi connectivity index (χ3n) is 3.77. The summed E-state index contributed by atoms with van der Waals surface area (Å²) in [5.41, 5.74) is -0.0486. The number of nitrogens with one attached hydrogen (secondary N) is 2. The molecule has 2 amide bonds. The molecule has 0 spiro atoms. The summed E-state index contributed by atoms with van der Waals surface area (Å²) in [5, 5.41) is 13.4. The third-order valence-corrected chi connectivity index (χ3v) is 3.77. The van der Waals surface area contributed by atoms with E-state index in [1.807, 2.05) is 0 Å². The van der Waals surface area contributed by atoms with Gasteiger partial charge in [-0.2, -0.15) is 13.2 Å². The molecule has 2 atom stereocenters. The van der Waals surface area contributed by atoms with Crippen LogP contribution in [0.5, 0.6) is 0 Å². The van der Waals surface area contributed by atoms with Crippen LogP contribution in [-0.2, 0) is 14.4 Å². The molecule has 0 radical (unpaired) electrons. The number of benzene rings is 1. The molecule has 0 aliphatic heterocycles. The lowest BCUT2D eigenvalue weighted by Gasteiger charge is -2.20. The van der Waals surface area contributed by atoms with E-state index in [4.69, 9.17) is 5.11 Å². The first kappa shape index (κ1) is 22.5. The van der Waals surface area contributed by atoms with Crippen LogP contribution in [-0.4, -0.2) is 41.7 Å². The van der Waals surface area contributed by atoms with E-state index in [0.717, 1.165) is 0 Å². The summed E-state index contributed by atoms with van der Waals surface area (Å²) >= 11 is 0. The van der Waals surface area contributed by atoms with Gasteiger partial charge in [0.05, 0.1) is 12.5 Å². The van der Waals surface area contributed by atoms with Crippen LogP contribution in [0.25, 0.3) is 0 Å². The number of hydrogen-bond acceptors (Lipinski definition) is 3. The normalized spacial score (nSPS) is 13.7. The van der Waals surface area contributed by atoms with Gasteiger partial charge in [-0.05, 0) is 17.9 Å². The summed E-state index contributed by atoms with van der Waals surface area (Å²) in [6.07, 6.45) is -5.29. The van der Waals surface area contributed by atoms with E-state index in [0.29, 0.717) is 0 Å². The number of alkyl halides is 3. The largest absolute Gasteiger partial charge is 0.480 e. The fraction of sp³-hybridized carbons (Fsp3) is 0.500. The van der Waals surface area contributed by atoms with Crippen LogP contribution in [0.4, 0.5) is 13.2 Å². The van der Waals surface area contributed by atoms with Crippen molar-refractivity contribution in [3.05, 3.63) is 35.9 Å². The Morgan fingerprint density at radius 1 is 1.07 bits per heavy atom. The quantitative estimate of drug-likeness (QED) is 0.606. The zero-order chi connectivity index (χ0) is 20.6. The predicted molar refractivity (Wildman–Crippen MR) is 91.9 cm³/mol. The van der Waals surface area contributed by atoms with Gasteiger partial charge in [-0.1, -0.05) is 44.2 Å². The minimum Gasteiger partial charge on any atom is -0.480 e. The molecule has 1 aromatic rings. The zero-order valence-electron chi connectivity index (χ0n) is 15.0. The molecular weight excluding hydrogens is 365 g/mol. The van der Waals surface area contributed by atoms with E-state index in [9.17, 15) is 27.6 Å². The van der Waals surface area contributed by atoms with Gasteiger partial charge in [0, 0.05) is 6.42 Å². The maximum Gasteiger partial charge on any atom is 0.396 e. The number of rotatable bonds is 9. The van der Waals surface area contributed by atoms with Gasteiger partial charge in [0.2, 0.25) is 11.8 Å². The highest BCUT2D eigenvalue weighted by Gasteiger charge is 2.41. The summed E-state index contributed by atoms with van der Waals surface area (Å²) in [4.78, 5) is 34.7.